The molecule has 0 aromatic heterocycles. The Hall–Kier alpha value is -2.43. The fraction of sp³-hybridized carbons (Fsp3) is 0.350. The number of aryl methyl sites for hydroxylation is 2. The molecule has 1 aliphatic rings. The molecule has 0 aliphatic carbocycles. The normalized spacial score (nSPS) is 14.8. The summed E-state index contributed by atoms with van der Waals surface area (Å²) in [5, 5.41) is 2.80. The molecule has 5 heteroatoms. The van der Waals surface area contributed by atoms with Crippen LogP contribution in [-0.2, 0) is 11.2 Å². The highest BCUT2D eigenvalue weighted by Gasteiger charge is 2.21. The first-order valence-electron chi connectivity index (χ1n) is 8.53. The maximum atomic E-state index is 13.8. The Morgan fingerprint density at radius 3 is 2.80 bits per heavy atom. The number of nitrogens with zero attached hydrogens (tertiary/aromatic N) is 1. The molecule has 1 atom stereocenters. The Bertz CT molecular complexity index is 791. The number of amides is 1. The first-order valence-corrected chi connectivity index (χ1v) is 8.53. The molecule has 0 radical (unpaired) electrons. The van der Waals surface area contributed by atoms with Crippen molar-refractivity contribution in [3.63, 3.8) is 0 Å². The van der Waals surface area contributed by atoms with Crippen molar-refractivity contribution >= 4 is 11.6 Å². The van der Waals surface area contributed by atoms with Crippen molar-refractivity contribution in [2.24, 2.45) is 0 Å². The lowest BCUT2D eigenvalue weighted by molar-refractivity contribution is -0.120. The Kier molecular flexibility index (Phi) is 5.02. The van der Waals surface area contributed by atoms with Crippen molar-refractivity contribution in [3.8, 4) is 0 Å². The van der Waals surface area contributed by atoms with E-state index in [2.05, 4.69) is 29.3 Å². The van der Waals surface area contributed by atoms with Crippen LogP contribution in [0.25, 0.3) is 0 Å². The fourth-order valence-corrected chi connectivity index (χ4v) is 3.36. The molecule has 1 aliphatic heterocycles. The molecule has 3 nitrogen and oxygen atoms in total. The van der Waals surface area contributed by atoms with E-state index in [1.54, 1.807) is 6.92 Å². The summed E-state index contributed by atoms with van der Waals surface area (Å²) in [5.41, 5.74) is 3.85. The zero-order valence-corrected chi connectivity index (χ0v) is 14.5. The Morgan fingerprint density at radius 2 is 2.04 bits per heavy atom. The summed E-state index contributed by atoms with van der Waals surface area (Å²) in [5.74, 6) is -1.45. The van der Waals surface area contributed by atoms with Crippen LogP contribution in [0.15, 0.2) is 36.4 Å². The number of carbonyl (C=O) groups is 1. The van der Waals surface area contributed by atoms with Crippen molar-refractivity contribution in [3.05, 3.63) is 64.7 Å². The smallest absolute Gasteiger partial charge is 0.239 e. The number of carbonyl (C=O) groups excluding carboxylic acids is 1. The third-order valence-corrected chi connectivity index (χ3v) is 4.59. The molecular weight excluding hydrogens is 322 g/mol. The third-order valence-electron chi connectivity index (χ3n) is 4.59. The summed E-state index contributed by atoms with van der Waals surface area (Å²) in [6.45, 7) is 4.80. The van der Waals surface area contributed by atoms with Gasteiger partial charge in [0.1, 0.15) is 11.6 Å². The van der Waals surface area contributed by atoms with Crippen molar-refractivity contribution < 1.29 is 13.6 Å². The highest BCUT2D eigenvalue weighted by molar-refractivity contribution is 5.82. The molecule has 132 valence electrons. The molecule has 0 unspecified atom stereocenters. The molecule has 1 heterocycles. The minimum atomic E-state index is -0.647. The lowest BCUT2D eigenvalue weighted by Gasteiger charge is -2.31. The number of nitrogens with one attached hydrogen (secondary N) is 1. The molecule has 0 bridgehead atoms. The largest absolute Gasteiger partial charge is 0.362 e. The first-order chi connectivity index (χ1) is 11.9. The van der Waals surface area contributed by atoms with Gasteiger partial charge in [0.2, 0.25) is 5.91 Å². The van der Waals surface area contributed by atoms with E-state index in [1.165, 1.54) is 23.3 Å². The van der Waals surface area contributed by atoms with Crippen LogP contribution in [0.4, 0.5) is 14.5 Å². The molecule has 1 amide bonds. The van der Waals surface area contributed by atoms with Gasteiger partial charge in [-0.15, -0.1) is 0 Å². The highest BCUT2D eigenvalue weighted by Crippen LogP contribution is 2.27. The van der Waals surface area contributed by atoms with Crippen LogP contribution < -0.4 is 10.2 Å². The van der Waals surface area contributed by atoms with Crippen molar-refractivity contribution in [2.45, 2.75) is 32.7 Å². The van der Waals surface area contributed by atoms with E-state index in [4.69, 9.17) is 0 Å². The number of fused-ring (bicyclic) bond motifs is 1. The van der Waals surface area contributed by atoms with Gasteiger partial charge in [0.25, 0.3) is 0 Å². The van der Waals surface area contributed by atoms with Crippen LogP contribution in [0.5, 0.6) is 0 Å². The molecule has 1 N–H and O–H groups in total. The SMILES string of the molecule is Cc1ccc2c(c1)CCCN2CC(=O)N[C@@H](C)c1ccc(F)cc1F. The summed E-state index contributed by atoms with van der Waals surface area (Å²) < 4.78 is 26.9. The van der Waals surface area contributed by atoms with Gasteiger partial charge in [0.05, 0.1) is 12.6 Å². The van der Waals surface area contributed by atoms with Crippen LogP contribution in [0.2, 0.25) is 0 Å². The van der Waals surface area contributed by atoms with Gasteiger partial charge in [-0.2, -0.15) is 0 Å². The van der Waals surface area contributed by atoms with E-state index in [9.17, 15) is 13.6 Å². The average Bonchev–Trinajstić information content (AvgIpc) is 2.54. The molecule has 0 saturated heterocycles. The highest BCUT2D eigenvalue weighted by atomic mass is 19.1. The second-order valence-electron chi connectivity index (χ2n) is 6.61. The van der Waals surface area contributed by atoms with Crippen molar-refractivity contribution in [1.29, 1.82) is 0 Å². The second kappa shape index (κ2) is 7.21. The number of hydrogen-bond acceptors (Lipinski definition) is 2. The second-order valence-corrected chi connectivity index (χ2v) is 6.61. The van der Waals surface area contributed by atoms with Gasteiger partial charge in [-0.05, 0) is 44.4 Å². The molecular formula is C20H22F2N2O. The van der Waals surface area contributed by atoms with Gasteiger partial charge in [-0.3, -0.25) is 4.79 Å². The molecule has 2 aromatic carbocycles. The minimum Gasteiger partial charge on any atom is -0.362 e. The van der Waals surface area contributed by atoms with Gasteiger partial charge in [0.15, 0.2) is 0 Å². The van der Waals surface area contributed by atoms with E-state index >= 15 is 0 Å². The third kappa shape index (κ3) is 3.98. The Labute approximate surface area is 146 Å². The van der Waals surface area contributed by atoms with E-state index in [0.717, 1.165) is 31.1 Å². The number of rotatable bonds is 4. The van der Waals surface area contributed by atoms with Gasteiger partial charge < -0.3 is 10.2 Å². The molecule has 0 spiro atoms. The van der Waals surface area contributed by atoms with Crippen LogP contribution in [0.1, 0.15) is 36.1 Å². The van der Waals surface area contributed by atoms with Crippen molar-refractivity contribution in [1.82, 2.24) is 5.32 Å². The quantitative estimate of drug-likeness (QED) is 0.912. The lowest BCUT2D eigenvalue weighted by Crippen LogP contribution is -2.40. The predicted octanol–water partition coefficient (Wildman–Crippen LogP) is 3.90. The Morgan fingerprint density at radius 1 is 1.24 bits per heavy atom. The minimum absolute atomic E-state index is 0.176. The Balaban J connectivity index is 1.67. The van der Waals surface area contributed by atoms with E-state index in [-0.39, 0.29) is 18.0 Å². The van der Waals surface area contributed by atoms with Gasteiger partial charge in [-0.25, -0.2) is 8.78 Å². The number of hydrogen-bond donors (Lipinski definition) is 1. The summed E-state index contributed by atoms with van der Waals surface area (Å²) in [7, 11) is 0. The van der Waals surface area contributed by atoms with Gasteiger partial charge in [-0.1, -0.05) is 23.8 Å². The zero-order chi connectivity index (χ0) is 18.0. The molecule has 0 fully saturated rings. The standard InChI is InChI=1S/C20H22F2N2O/c1-13-5-8-19-15(10-13)4-3-9-24(19)12-20(25)23-14(2)17-7-6-16(21)11-18(17)22/h5-8,10-11,14H,3-4,9,12H2,1-2H3,(H,23,25)/t14-/m0/s1. The van der Waals surface area contributed by atoms with E-state index < -0.39 is 17.7 Å². The van der Waals surface area contributed by atoms with Crippen molar-refractivity contribution in [2.75, 3.05) is 18.0 Å². The van der Waals surface area contributed by atoms with Crippen LogP contribution in [0.3, 0.4) is 0 Å². The average molecular weight is 344 g/mol. The molecule has 3 rings (SSSR count). The summed E-state index contributed by atoms with van der Waals surface area (Å²) >= 11 is 0. The number of halogens is 2. The molecule has 2 aromatic rings. The molecule has 0 saturated carbocycles. The monoisotopic (exact) mass is 344 g/mol. The summed E-state index contributed by atoms with van der Waals surface area (Å²) in [6.07, 6.45) is 2.03. The zero-order valence-electron chi connectivity index (χ0n) is 14.5. The number of anilines is 1. The maximum absolute atomic E-state index is 13.8. The fourth-order valence-electron chi connectivity index (χ4n) is 3.36. The summed E-state index contributed by atoms with van der Waals surface area (Å²) in [4.78, 5) is 14.5. The lowest BCUT2D eigenvalue weighted by atomic mass is 9.99. The molecule has 25 heavy (non-hydrogen) atoms. The first kappa shape index (κ1) is 17.4. The van der Waals surface area contributed by atoms with E-state index in [1.807, 2.05) is 6.07 Å². The maximum Gasteiger partial charge on any atom is 0.239 e. The van der Waals surface area contributed by atoms with Crippen LogP contribution in [0, 0.1) is 18.6 Å². The number of benzene rings is 2. The van der Waals surface area contributed by atoms with Crippen LogP contribution in [-0.4, -0.2) is 19.0 Å². The van der Waals surface area contributed by atoms with Gasteiger partial charge in [0, 0.05) is 23.9 Å². The summed E-state index contributed by atoms with van der Waals surface area (Å²) in [6, 6.07) is 9.15. The van der Waals surface area contributed by atoms with E-state index in [0.29, 0.717) is 0 Å². The van der Waals surface area contributed by atoms with Crippen LogP contribution >= 0.6 is 0 Å². The topological polar surface area (TPSA) is 32.3 Å². The predicted molar refractivity (Wildman–Crippen MR) is 94.6 cm³/mol. The van der Waals surface area contributed by atoms with Gasteiger partial charge >= 0.3 is 0 Å².